The number of hydrogen-bond donors (Lipinski definition) is 3. The third-order valence-corrected chi connectivity index (χ3v) is 4.41. The first-order valence-electron chi connectivity index (χ1n) is 7.76. The Bertz CT molecular complexity index is 999. The Morgan fingerprint density at radius 2 is 2.04 bits per heavy atom. The zero-order chi connectivity index (χ0) is 20.1. The molecule has 1 aromatic carbocycles. The van der Waals surface area contributed by atoms with Crippen molar-refractivity contribution in [1.29, 1.82) is 5.41 Å². The minimum Gasteiger partial charge on any atom is -0.459 e. The second-order valence-corrected chi connectivity index (χ2v) is 6.71. The van der Waals surface area contributed by atoms with E-state index >= 15 is 0 Å². The van der Waals surface area contributed by atoms with E-state index in [9.17, 15) is 14.4 Å². The average molecular weight is 418 g/mol. The van der Waals surface area contributed by atoms with Crippen LogP contribution in [0.15, 0.2) is 57.1 Å². The number of benzene rings is 1. The molecule has 2 heterocycles. The molecule has 28 heavy (non-hydrogen) atoms. The lowest BCUT2D eigenvalue weighted by Crippen LogP contribution is -2.43. The Kier molecular flexibility index (Phi) is 6.02. The third kappa shape index (κ3) is 4.93. The van der Waals surface area contributed by atoms with Gasteiger partial charge in [-0.3, -0.25) is 25.1 Å². The van der Waals surface area contributed by atoms with Gasteiger partial charge in [0.25, 0.3) is 5.91 Å². The van der Waals surface area contributed by atoms with E-state index in [1.807, 2.05) is 0 Å². The molecule has 0 fully saturated rings. The Morgan fingerprint density at radius 1 is 1.29 bits per heavy atom. The van der Waals surface area contributed by atoms with Gasteiger partial charge in [-0.1, -0.05) is 23.4 Å². The number of carbonyl (C=O) groups is 3. The fraction of sp³-hybridized carbons (Fsp3) is 0.0588. The summed E-state index contributed by atoms with van der Waals surface area (Å²) in [6.45, 7) is 0. The number of halogens is 1. The van der Waals surface area contributed by atoms with Crippen LogP contribution in [0.4, 0.5) is 5.69 Å². The number of rotatable bonds is 4. The van der Waals surface area contributed by atoms with Crippen molar-refractivity contribution < 1.29 is 18.8 Å². The highest BCUT2D eigenvalue weighted by molar-refractivity contribution is 8.14. The van der Waals surface area contributed by atoms with E-state index < -0.39 is 23.4 Å². The summed E-state index contributed by atoms with van der Waals surface area (Å²) in [5.74, 6) is -2.48. The summed E-state index contributed by atoms with van der Waals surface area (Å²) in [5, 5.41) is 13.5. The lowest BCUT2D eigenvalue weighted by molar-refractivity contribution is -0.114. The monoisotopic (exact) mass is 417 g/mol. The first-order chi connectivity index (χ1) is 13.4. The van der Waals surface area contributed by atoms with E-state index in [2.05, 4.69) is 20.6 Å². The first-order valence-corrected chi connectivity index (χ1v) is 9.12. The van der Waals surface area contributed by atoms with Crippen molar-refractivity contribution in [2.24, 2.45) is 9.98 Å². The molecule has 11 heteroatoms. The van der Waals surface area contributed by atoms with Gasteiger partial charge in [-0.15, -0.1) is 0 Å². The molecule has 3 rings (SSSR count). The number of amides is 3. The Balaban J connectivity index is 1.59. The molecule has 0 aliphatic carbocycles. The van der Waals surface area contributed by atoms with Crippen LogP contribution in [0.2, 0.25) is 5.02 Å². The van der Waals surface area contributed by atoms with Gasteiger partial charge in [-0.25, -0.2) is 4.99 Å². The normalized spacial score (nSPS) is 15.2. The van der Waals surface area contributed by atoms with Crippen LogP contribution in [0.3, 0.4) is 0 Å². The molecule has 0 spiro atoms. The zero-order valence-corrected chi connectivity index (χ0v) is 15.6. The van der Waals surface area contributed by atoms with Crippen LogP contribution in [0.1, 0.15) is 10.6 Å². The second kappa shape index (κ2) is 8.63. The van der Waals surface area contributed by atoms with Gasteiger partial charge in [0, 0.05) is 10.7 Å². The Labute approximate surface area is 167 Å². The molecule has 142 valence electrons. The molecule has 0 atom stereocenters. The molecule has 3 amide bonds. The SMILES string of the molecule is N=C1N=C(SCC(=O)Nc2ccc(Cl)cc2)NC(=O)C1=NC(=O)c1ccco1. The van der Waals surface area contributed by atoms with Gasteiger partial charge in [0.1, 0.15) is 0 Å². The van der Waals surface area contributed by atoms with Gasteiger partial charge < -0.3 is 9.73 Å². The molecule has 3 N–H and O–H groups in total. The number of amidine groups is 2. The molecule has 1 aliphatic heterocycles. The number of hydrogen-bond acceptors (Lipinski definition) is 6. The van der Waals surface area contributed by atoms with Gasteiger partial charge in [-0.2, -0.15) is 4.99 Å². The summed E-state index contributed by atoms with van der Waals surface area (Å²) in [6.07, 6.45) is 1.29. The average Bonchev–Trinajstić information content (AvgIpc) is 3.20. The van der Waals surface area contributed by atoms with E-state index in [1.54, 1.807) is 24.3 Å². The van der Waals surface area contributed by atoms with Gasteiger partial charge >= 0.3 is 5.91 Å². The summed E-state index contributed by atoms with van der Waals surface area (Å²) >= 11 is 6.72. The van der Waals surface area contributed by atoms with Gasteiger partial charge in [0.05, 0.1) is 12.0 Å². The van der Waals surface area contributed by atoms with Crippen molar-refractivity contribution >= 4 is 63.5 Å². The number of furan rings is 1. The second-order valence-electron chi connectivity index (χ2n) is 5.31. The quantitative estimate of drug-likeness (QED) is 0.701. The van der Waals surface area contributed by atoms with Gasteiger partial charge in [-0.05, 0) is 36.4 Å². The molecule has 2 aromatic rings. The number of carbonyl (C=O) groups excluding carboxylic acids is 3. The van der Waals surface area contributed by atoms with Crippen molar-refractivity contribution in [2.45, 2.75) is 0 Å². The molecule has 0 saturated carbocycles. The maximum atomic E-state index is 12.1. The van der Waals surface area contributed by atoms with Crippen molar-refractivity contribution in [1.82, 2.24) is 5.32 Å². The fourth-order valence-corrected chi connectivity index (χ4v) is 2.83. The Morgan fingerprint density at radius 3 is 2.68 bits per heavy atom. The van der Waals surface area contributed by atoms with E-state index in [-0.39, 0.29) is 22.6 Å². The van der Waals surface area contributed by atoms with Gasteiger partial charge in [0.15, 0.2) is 22.5 Å². The molecule has 0 bridgehead atoms. The molecule has 1 aliphatic rings. The van der Waals surface area contributed by atoms with Crippen LogP contribution in [-0.2, 0) is 9.59 Å². The molecule has 1 aromatic heterocycles. The summed E-state index contributed by atoms with van der Waals surface area (Å²) in [4.78, 5) is 43.4. The highest BCUT2D eigenvalue weighted by atomic mass is 35.5. The number of thioether (sulfide) groups is 1. The smallest absolute Gasteiger partial charge is 0.313 e. The summed E-state index contributed by atoms with van der Waals surface area (Å²) < 4.78 is 4.90. The van der Waals surface area contributed by atoms with Gasteiger partial charge in [0.2, 0.25) is 5.91 Å². The van der Waals surface area contributed by atoms with Crippen molar-refractivity contribution in [2.75, 3.05) is 11.1 Å². The van der Waals surface area contributed by atoms with Crippen LogP contribution in [0, 0.1) is 5.41 Å². The maximum absolute atomic E-state index is 12.1. The predicted octanol–water partition coefficient (Wildman–Crippen LogP) is 2.35. The van der Waals surface area contributed by atoms with E-state index in [0.717, 1.165) is 11.8 Å². The molecule has 0 unspecified atom stereocenters. The van der Waals surface area contributed by atoms with E-state index in [1.165, 1.54) is 18.4 Å². The Hall–Kier alpha value is -3.24. The molecule has 0 radical (unpaired) electrons. The first kappa shape index (κ1) is 19.5. The summed E-state index contributed by atoms with van der Waals surface area (Å²) in [6, 6.07) is 9.48. The number of nitrogens with zero attached hydrogens (tertiary/aromatic N) is 2. The zero-order valence-electron chi connectivity index (χ0n) is 14.1. The summed E-state index contributed by atoms with van der Waals surface area (Å²) in [7, 11) is 0. The number of nitrogens with one attached hydrogen (secondary N) is 3. The van der Waals surface area contributed by atoms with E-state index in [4.69, 9.17) is 21.4 Å². The lowest BCUT2D eigenvalue weighted by atomic mass is 10.3. The van der Waals surface area contributed by atoms with Crippen LogP contribution < -0.4 is 10.6 Å². The third-order valence-electron chi connectivity index (χ3n) is 3.29. The molecule has 9 nitrogen and oxygen atoms in total. The molecule has 0 saturated heterocycles. The minimum absolute atomic E-state index is 0.0488. The number of anilines is 1. The maximum Gasteiger partial charge on any atom is 0.313 e. The predicted molar refractivity (Wildman–Crippen MR) is 106 cm³/mol. The fourth-order valence-electron chi connectivity index (χ4n) is 2.04. The van der Waals surface area contributed by atoms with Crippen molar-refractivity contribution in [3.05, 3.63) is 53.4 Å². The molecular weight excluding hydrogens is 406 g/mol. The minimum atomic E-state index is -0.798. The summed E-state index contributed by atoms with van der Waals surface area (Å²) in [5.41, 5.74) is 0.139. The highest BCUT2D eigenvalue weighted by Crippen LogP contribution is 2.14. The van der Waals surface area contributed by atoms with Crippen LogP contribution in [0.25, 0.3) is 0 Å². The topological polar surface area (TPSA) is 137 Å². The largest absolute Gasteiger partial charge is 0.459 e. The molecular formula is C17H12ClN5O4S. The van der Waals surface area contributed by atoms with E-state index in [0.29, 0.717) is 10.7 Å². The highest BCUT2D eigenvalue weighted by Gasteiger charge is 2.26. The van der Waals surface area contributed by atoms with Crippen molar-refractivity contribution in [3.63, 3.8) is 0 Å². The van der Waals surface area contributed by atoms with Crippen LogP contribution in [-0.4, -0.2) is 40.2 Å². The van der Waals surface area contributed by atoms with Crippen LogP contribution in [0.5, 0.6) is 0 Å². The lowest BCUT2D eigenvalue weighted by Gasteiger charge is -2.14. The standard InChI is InChI=1S/C17H12ClN5O4S/c18-9-3-5-10(6-4-9)20-12(24)8-28-17-22-14(19)13(16(26)23-17)21-15(25)11-2-1-7-27-11/h1-7H,8H2,(H,20,24)(H2,19,22,23,26). The van der Waals surface area contributed by atoms with Crippen molar-refractivity contribution in [3.8, 4) is 0 Å². The number of aliphatic imine (C=N–C) groups is 2. The van der Waals surface area contributed by atoms with Crippen LogP contribution >= 0.6 is 23.4 Å².